The highest BCUT2D eigenvalue weighted by atomic mass is 19.1. The van der Waals surface area contributed by atoms with Crippen molar-refractivity contribution in [3.8, 4) is 11.4 Å². The first-order chi connectivity index (χ1) is 12.1. The van der Waals surface area contributed by atoms with E-state index in [4.69, 9.17) is 4.52 Å². The molecular weight excluding hydrogens is 321 g/mol. The number of likely N-dealkylation sites (tertiary alicyclic amines) is 1. The minimum absolute atomic E-state index is 0.0812. The molecule has 2 fully saturated rings. The second-order valence-electron chi connectivity index (χ2n) is 7.27. The van der Waals surface area contributed by atoms with Crippen LogP contribution in [0.15, 0.2) is 28.8 Å². The van der Waals surface area contributed by atoms with Gasteiger partial charge in [-0.15, -0.1) is 0 Å². The van der Waals surface area contributed by atoms with E-state index in [-0.39, 0.29) is 23.6 Å². The predicted molar refractivity (Wildman–Crippen MR) is 90.1 cm³/mol. The molecule has 1 aliphatic carbocycles. The molecule has 5 nitrogen and oxygen atoms in total. The molecule has 132 valence electrons. The van der Waals surface area contributed by atoms with Gasteiger partial charge in [0.15, 0.2) is 0 Å². The van der Waals surface area contributed by atoms with Crippen LogP contribution in [0.4, 0.5) is 4.39 Å². The lowest BCUT2D eigenvalue weighted by Gasteiger charge is -2.41. The van der Waals surface area contributed by atoms with Gasteiger partial charge < -0.3 is 9.42 Å². The molecule has 4 rings (SSSR count). The standard InChI is InChI=1S/C19H22FN3O2/c1-12-5-2-3-8-16(12)19(24)23-10-14(11-23)18-21-17(22-25-18)13-6-4-7-15(20)9-13/h4,6-7,9,12,14,16H,2-3,5,8,10-11H2,1H3. The number of hydrogen-bond donors (Lipinski definition) is 0. The van der Waals surface area contributed by atoms with Gasteiger partial charge in [0.05, 0.1) is 5.92 Å². The molecule has 0 bridgehead atoms. The zero-order valence-electron chi connectivity index (χ0n) is 14.3. The van der Waals surface area contributed by atoms with Crippen LogP contribution >= 0.6 is 0 Å². The lowest BCUT2D eigenvalue weighted by molar-refractivity contribution is -0.143. The van der Waals surface area contributed by atoms with Gasteiger partial charge >= 0.3 is 0 Å². The lowest BCUT2D eigenvalue weighted by atomic mass is 9.79. The second kappa shape index (κ2) is 6.58. The molecule has 1 amide bonds. The Hall–Kier alpha value is -2.24. The maximum atomic E-state index is 13.3. The zero-order valence-corrected chi connectivity index (χ0v) is 14.3. The Labute approximate surface area is 146 Å². The Morgan fingerprint density at radius 2 is 2.08 bits per heavy atom. The fourth-order valence-corrected chi connectivity index (χ4v) is 3.88. The van der Waals surface area contributed by atoms with Gasteiger partial charge in [-0.05, 0) is 30.9 Å². The van der Waals surface area contributed by atoms with E-state index in [0.717, 1.165) is 19.3 Å². The van der Waals surface area contributed by atoms with Gasteiger partial charge in [0, 0.05) is 24.6 Å². The molecule has 1 saturated carbocycles. The van der Waals surface area contributed by atoms with Crippen molar-refractivity contribution < 1.29 is 13.7 Å². The van der Waals surface area contributed by atoms with Crippen LogP contribution in [0, 0.1) is 17.7 Å². The SMILES string of the molecule is CC1CCCCC1C(=O)N1CC(c2nc(-c3cccc(F)c3)no2)C1. The van der Waals surface area contributed by atoms with Gasteiger partial charge in [0.1, 0.15) is 5.82 Å². The maximum Gasteiger partial charge on any atom is 0.233 e. The third kappa shape index (κ3) is 3.17. The van der Waals surface area contributed by atoms with Crippen molar-refractivity contribution in [3.05, 3.63) is 36.0 Å². The molecule has 2 unspecified atom stereocenters. The highest BCUT2D eigenvalue weighted by Gasteiger charge is 2.40. The quantitative estimate of drug-likeness (QED) is 0.854. The van der Waals surface area contributed by atoms with E-state index in [1.165, 1.54) is 18.6 Å². The number of carbonyl (C=O) groups excluding carboxylic acids is 1. The van der Waals surface area contributed by atoms with E-state index in [1.807, 2.05) is 4.90 Å². The summed E-state index contributed by atoms with van der Waals surface area (Å²) in [7, 11) is 0. The maximum absolute atomic E-state index is 13.3. The van der Waals surface area contributed by atoms with Gasteiger partial charge in [-0.1, -0.05) is 37.1 Å². The molecule has 1 aliphatic heterocycles. The largest absolute Gasteiger partial charge is 0.341 e. The van der Waals surface area contributed by atoms with Crippen LogP contribution in [0.1, 0.15) is 44.4 Å². The molecule has 2 aliphatic rings. The number of nitrogens with zero attached hydrogens (tertiary/aromatic N) is 3. The van der Waals surface area contributed by atoms with Gasteiger partial charge in [-0.2, -0.15) is 4.98 Å². The van der Waals surface area contributed by atoms with Gasteiger partial charge in [0.25, 0.3) is 0 Å². The summed E-state index contributed by atoms with van der Waals surface area (Å²) in [4.78, 5) is 18.9. The number of benzene rings is 1. The Morgan fingerprint density at radius 1 is 1.28 bits per heavy atom. The van der Waals surface area contributed by atoms with Gasteiger partial charge in [-0.25, -0.2) is 4.39 Å². The van der Waals surface area contributed by atoms with Crippen LogP contribution in [0.2, 0.25) is 0 Å². The zero-order chi connectivity index (χ0) is 17.4. The number of amides is 1. The van der Waals surface area contributed by atoms with Crippen molar-refractivity contribution in [1.29, 1.82) is 0 Å². The third-order valence-electron chi connectivity index (χ3n) is 5.50. The van der Waals surface area contributed by atoms with Crippen molar-refractivity contribution in [2.75, 3.05) is 13.1 Å². The van der Waals surface area contributed by atoms with E-state index < -0.39 is 0 Å². The summed E-state index contributed by atoms with van der Waals surface area (Å²) in [5.74, 6) is 1.58. The number of halogens is 1. The van der Waals surface area contributed by atoms with Crippen molar-refractivity contribution in [3.63, 3.8) is 0 Å². The normalized spacial score (nSPS) is 24.2. The lowest BCUT2D eigenvalue weighted by Crippen LogP contribution is -2.52. The van der Waals surface area contributed by atoms with Crippen molar-refractivity contribution in [2.45, 2.75) is 38.5 Å². The minimum atomic E-state index is -0.328. The summed E-state index contributed by atoms with van der Waals surface area (Å²) < 4.78 is 18.6. The summed E-state index contributed by atoms with van der Waals surface area (Å²) in [5, 5.41) is 3.95. The summed E-state index contributed by atoms with van der Waals surface area (Å²) >= 11 is 0. The molecule has 1 aromatic carbocycles. The average molecular weight is 343 g/mol. The summed E-state index contributed by atoms with van der Waals surface area (Å²) in [6, 6.07) is 6.14. The highest BCUT2D eigenvalue weighted by Crippen LogP contribution is 2.35. The molecule has 0 radical (unpaired) electrons. The molecule has 2 heterocycles. The number of aromatic nitrogens is 2. The van der Waals surface area contributed by atoms with Crippen LogP contribution in [-0.2, 0) is 4.79 Å². The molecule has 6 heteroatoms. The predicted octanol–water partition coefficient (Wildman–Crippen LogP) is 3.63. The molecule has 25 heavy (non-hydrogen) atoms. The van der Waals surface area contributed by atoms with Crippen molar-refractivity contribution in [2.24, 2.45) is 11.8 Å². The summed E-state index contributed by atoms with van der Waals surface area (Å²) in [6.45, 7) is 3.45. The average Bonchev–Trinajstić information content (AvgIpc) is 3.03. The molecule has 0 spiro atoms. The fourth-order valence-electron chi connectivity index (χ4n) is 3.88. The topological polar surface area (TPSA) is 59.2 Å². The second-order valence-corrected chi connectivity index (χ2v) is 7.27. The van der Waals surface area contributed by atoms with Crippen LogP contribution in [0.25, 0.3) is 11.4 Å². The molecule has 2 atom stereocenters. The summed E-state index contributed by atoms with van der Waals surface area (Å²) in [5.41, 5.74) is 0.596. The van der Waals surface area contributed by atoms with E-state index in [1.54, 1.807) is 12.1 Å². The van der Waals surface area contributed by atoms with Crippen molar-refractivity contribution >= 4 is 5.91 Å². The minimum Gasteiger partial charge on any atom is -0.341 e. The first kappa shape index (κ1) is 16.2. The molecule has 1 aromatic heterocycles. The van der Waals surface area contributed by atoms with Gasteiger partial charge in [-0.3, -0.25) is 4.79 Å². The summed E-state index contributed by atoms with van der Waals surface area (Å²) in [6.07, 6.45) is 4.54. The molecule has 2 aromatic rings. The molecular formula is C19H22FN3O2. The fraction of sp³-hybridized carbons (Fsp3) is 0.526. The number of hydrogen-bond acceptors (Lipinski definition) is 4. The van der Waals surface area contributed by atoms with Crippen LogP contribution in [-0.4, -0.2) is 34.0 Å². The number of carbonyl (C=O) groups is 1. The van der Waals surface area contributed by atoms with E-state index >= 15 is 0 Å². The Morgan fingerprint density at radius 3 is 2.84 bits per heavy atom. The van der Waals surface area contributed by atoms with Crippen LogP contribution < -0.4 is 0 Å². The first-order valence-electron chi connectivity index (χ1n) is 9.00. The van der Waals surface area contributed by atoms with E-state index in [0.29, 0.717) is 36.3 Å². The smallest absolute Gasteiger partial charge is 0.233 e. The van der Waals surface area contributed by atoms with E-state index in [9.17, 15) is 9.18 Å². The highest BCUT2D eigenvalue weighted by molar-refractivity contribution is 5.80. The van der Waals surface area contributed by atoms with Crippen molar-refractivity contribution in [1.82, 2.24) is 15.0 Å². The van der Waals surface area contributed by atoms with E-state index in [2.05, 4.69) is 17.1 Å². The molecule has 1 saturated heterocycles. The monoisotopic (exact) mass is 343 g/mol. The van der Waals surface area contributed by atoms with Crippen LogP contribution in [0.5, 0.6) is 0 Å². The van der Waals surface area contributed by atoms with Crippen LogP contribution in [0.3, 0.4) is 0 Å². The Bertz CT molecular complexity index is 770. The molecule has 0 N–H and O–H groups in total. The number of rotatable bonds is 3. The third-order valence-corrected chi connectivity index (χ3v) is 5.50. The van der Waals surface area contributed by atoms with Gasteiger partial charge in [0.2, 0.25) is 17.6 Å². The first-order valence-corrected chi connectivity index (χ1v) is 9.00. The Balaban J connectivity index is 1.39. The Kier molecular flexibility index (Phi) is 4.27.